The highest BCUT2D eigenvalue weighted by Crippen LogP contribution is 2.37. The molecule has 2 N–H and O–H groups in total. The van der Waals surface area contributed by atoms with Crippen molar-refractivity contribution in [3.8, 4) is 5.75 Å². The van der Waals surface area contributed by atoms with Gasteiger partial charge in [0, 0.05) is 5.70 Å². The number of carbonyl (C=O) groups excluding carboxylic acids is 3. The van der Waals surface area contributed by atoms with Gasteiger partial charge < -0.3 is 20.1 Å². The van der Waals surface area contributed by atoms with Crippen molar-refractivity contribution < 1.29 is 23.9 Å². The number of allylic oxidation sites excluding steroid dienone is 1. The van der Waals surface area contributed by atoms with Crippen molar-refractivity contribution in [1.82, 2.24) is 4.90 Å². The van der Waals surface area contributed by atoms with Crippen LogP contribution in [0.15, 0.2) is 71.4 Å². The number of ether oxygens (including phenoxy) is 2. The van der Waals surface area contributed by atoms with Crippen molar-refractivity contribution in [2.75, 3.05) is 13.7 Å². The van der Waals surface area contributed by atoms with Gasteiger partial charge in [-0.05, 0) is 43.2 Å². The first kappa shape index (κ1) is 21.8. The quantitative estimate of drug-likeness (QED) is 0.548. The standard InChI is InChI=1S/C24H24N2O5/c1-15(18-7-5-4-6-8-18)26-16(2)22(24(29)30-3)20(23(26)28)13-17-9-11-19(12-10-17)31-14-21(25)27/h4-13,15H,14H2,1-3H3,(H2,25,27)/b20-13-/t15-/m0/s1. The minimum absolute atomic E-state index is 0.223. The van der Waals surface area contributed by atoms with E-state index in [1.807, 2.05) is 37.3 Å². The van der Waals surface area contributed by atoms with E-state index in [1.54, 1.807) is 42.2 Å². The lowest BCUT2D eigenvalue weighted by Crippen LogP contribution is -2.28. The molecular weight excluding hydrogens is 396 g/mol. The number of benzene rings is 2. The first-order valence-electron chi connectivity index (χ1n) is 9.74. The second-order valence-electron chi connectivity index (χ2n) is 7.10. The summed E-state index contributed by atoms with van der Waals surface area (Å²) in [5.74, 6) is -0.943. The summed E-state index contributed by atoms with van der Waals surface area (Å²) < 4.78 is 10.2. The van der Waals surface area contributed by atoms with Gasteiger partial charge in [-0.2, -0.15) is 0 Å². The molecule has 0 saturated carbocycles. The summed E-state index contributed by atoms with van der Waals surface area (Å²) in [7, 11) is 1.29. The zero-order valence-corrected chi connectivity index (χ0v) is 17.6. The van der Waals surface area contributed by atoms with E-state index >= 15 is 0 Å². The summed E-state index contributed by atoms with van der Waals surface area (Å²) in [5, 5.41) is 0. The van der Waals surface area contributed by atoms with Gasteiger partial charge in [-0.3, -0.25) is 9.59 Å². The van der Waals surface area contributed by atoms with Gasteiger partial charge in [-0.1, -0.05) is 42.5 Å². The van der Waals surface area contributed by atoms with Crippen molar-refractivity contribution in [2.45, 2.75) is 19.9 Å². The van der Waals surface area contributed by atoms with Crippen LogP contribution in [0.5, 0.6) is 5.75 Å². The Balaban J connectivity index is 1.96. The van der Waals surface area contributed by atoms with Crippen molar-refractivity contribution in [3.05, 3.63) is 82.6 Å². The Morgan fingerprint density at radius 3 is 2.32 bits per heavy atom. The van der Waals surface area contributed by atoms with Crippen molar-refractivity contribution in [3.63, 3.8) is 0 Å². The summed E-state index contributed by atoms with van der Waals surface area (Å²) in [6.45, 7) is 3.43. The second kappa shape index (κ2) is 9.30. The number of rotatable bonds is 7. The van der Waals surface area contributed by atoms with Crippen LogP contribution in [0.1, 0.15) is 31.0 Å². The van der Waals surface area contributed by atoms with Gasteiger partial charge in [0.25, 0.3) is 11.8 Å². The third-order valence-electron chi connectivity index (χ3n) is 5.07. The molecule has 1 aliphatic rings. The molecule has 3 rings (SSSR count). The van der Waals surface area contributed by atoms with Crippen LogP contribution in [-0.4, -0.2) is 36.4 Å². The number of hydrogen-bond acceptors (Lipinski definition) is 5. The van der Waals surface area contributed by atoms with Gasteiger partial charge in [0.1, 0.15) is 5.75 Å². The van der Waals surface area contributed by atoms with Crippen LogP contribution in [0, 0.1) is 0 Å². The van der Waals surface area contributed by atoms with Gasteiger partial charge in [-0.25, -0.2) is 4.79 Å². The number of primary amides is 1. The number of hydrogen-bond donors (Lipinski definition) is 1. The maximum Gasteiger partial charge on any atom is 0.340 e. The van der Waals surface area contributed by atoms with Crippen LogP contribution in [0.2, 0.25) is 0 Å². The number of methoxy groups -OCH3 is 1. The highest BCUT2D eigenvalue weighted by Gasteiger charge is 2.39. The molecule has 2 amide bonds. The van der Waals surface area contributed by atoms with E-state index in [9.17, 15) is 14.4 Å². The molecule has 0 radical (unpaired) electrons. The van der Waals surface area contributed by atoms with Crippen LogP contribution in [0.3, 0.4) is 0 Å². The molecular formula is C24H24N2O5. The van der Waals surface area contributed by atoms with Crippen molar-refractivity contribution >= 4 is 23.9 Å². The molecule has 0 bridgehead atoms. The Kier molecular flexibility index (Phi) is 6.55. The third-order valence-corrected chi connectivity index (χ3v) is 5.07. The van der Waals surface area contributed by atoms with Crippen LogP contribution in [-0.2, 0) is 19.1 Å². The molecule has 0 saturated heterocycles. The molecule has 2 aromatic rings. The van der Waals surface area contributed by atoms with E-state index in [2.05, 4.69) is 0 Å². The highest BCUT2D eigenvalue weighted by molar-refractivity contribution is 6.16. The minimum Gasteiger partial charge on any atom is -0.484 e. The lowest BCUT2D eigenvalue weighted by atomic mass is 10.0. The molecule has 2 aromatic carbocycles. The van der Waals surface area contributed by atoms with Crippen LogP contribution in [0.25, 0.3) is 6.08 Å². The highest BCUT2D eigenvalue weighted by atomic mass is 16.5. The number of esters is 1. The van der Waals surface area contributed by atoms with Gasteiger partial charge in [0.15, 0.2) is 6.61 Å². The van der Waals surface area contributed by atoms with E-state index in [-0.39, 0.29) is 29.7 Å². The zero-order valence-electron chi connectivity index (χ0n) is 17.6. The molecule has 1 heterocycles. The largest absolute Gasteiger partial charge is 0.484 e. The van der Waals surface area contributed by atoms with Crippen molar-refractivity contribution in [2.24, 2.45) is 5.73 Å². The fraction of sp³-hybridized carbons (Fsp3) is 0.208. The molecule has 0 unspecified atom stereocenters. The smallest absolute Gasteiger partial charge is 0.340 e. The van der Waals surface area contributed by atoms with Crippen LogP contribution in [0.4, 0.5) is 0 Å². The monoisotopic (exact) mass is 420 g/mol. The number of nitrogens with zero attached hydrogens (tertiary/aromatic N) is 1. The fourth-order valence-electron chi connectivity index (χ4n) is 3.53. The average molecular weight is 420 g/mol. The molecule has 31 heavy (non-hydrogen) atoms. The Hall–Kier alpha value is -3.87. The Bertz CT molecular complexity index is 1060. The molecule has 0 aliphatic carbocycles. The Morgan fingerprint density at radius 1 is 1.10 bits per heavy atom. The van der Waals surface area contributed by atoms with E-state index in [4.69, 9.17) is 15.2 Å². The maximum absolute atomic E-state index is 13.3. The molecule has 1 aliphatic heterocycles. The third kappa shape index (κ3) is 4.66. The molecule has 0 aromatic heterocycles. The zero-order chi connectivity index (χ0) is 22.5. The van der Waals surface area contributed by atoms with E-state index < -0.39 is 11.9 Å². The normalized spacial score (nSPS) is 15.9. The van der Waals surface area contributed by atoms with Gasteiger partial charge in [-0.15, -0.1) is 0 Å². The Labute approximate surface area is 180 Å². The molecule has 0 fully saturated rings. The van der Waals surface area contributed by atoms with E-state index in [1.165, 1.54) is 7.11 Å². The van der Waals surface area contributed by atoms with Crippen molar-refractivity contribution in [1.29, 1.82) is 0 Å². The molecule has 7 heteroatoms. The summed E-state index contributed by atoms with van der Waals surface area (Å²) in [6.07, 6.45) is 1.65. The van der Waals surface area contributed by atoms with Gasteiger partial charge in [0.2, 0.25) is 0 Å². The van der Waals surface area contributed by atoms with E-state index in [0.717, 1.165) is 5.56 Å². The minimum atomic E-state index is -0.571. The SMILES string of the molecule is COC(=O)C1=C(C)N([C@@H](C)c2ccccc2)C(=O)/C1=C\c1ccc(OCC(N)=O)cc1. The Morgan fingerprint density at radius 2 is 1.74 bits per heavy atom. The summed E-state index contributed by atoms with van der Waals surface area (Å²) in [4.78, 5) is 38.3. The maximum atomic E-state index is 13.3. The summed E-state index contributed by atoms with van der Waals surface area (Å²) in [5.41, 5.74) is 7.77. The predicted molar refractivity (Wildman–Crippen MR) is 116 cm³/mol. The number of amides is 2. The lowest BCUT2D eigenvalue weighted by Gasteiger charge is -2.26. The molecule has 7 nitrogen and oxygen atoms in total. The predicted octanol–water partition coefficient (Wildman–Crippen LogP) is 2.98. The fourth-order valence-corrected chi connectivity index (χ4v) is 3.53. The second-order valence-corrected chi connectivity index (χ2v) is 7.10. The van der Waals surface area contributed by atoms with Gasteiger partial charge >= 0.3 is 5.97 Å². The van der Waals surface area contributed by atoms with Crippen LogP contribution >= 0.6 is 0 Å². The average Bonchev–Trinajstić information content (AvgIpc) is 3.02. The number of nitrogens with two attached hydrogens (primary N) is 1. The van der Waals surface area contributed by atoms with E-state index in [0.29, 0.717) is 17.0 Å². The molecule has 1 atom stereocenters. The van der Waals surface area contributed by atoms with Crippen LogP contribution < -0.4 is 10.5 Å². The lowest BCUT2D eigenvalue weighted by molar-refractivity contribution is -0.136. The molecule has 160 valence electrons. The number of carbonyl (C=O) groups is 3. The summed E-state index contributed by atoms with van der Waals surface area (Å²) in [6, 6.07) is 16.1. The molecule has 0 spiro atoms. The first-order valence-corrected chi connectivity index (χ1v) is 9.74. The summed E-state index contributed by atoms with van der Waals surface area (Å²) >= 11 is 0. The van der Waals surface area contributed by atoms with Gasteiger partial charge in [0.05, 0.1) is 24.3 Å². The first-order chi connectivity index (χ1) is 14.8. The topological polar surface area (TPSA) is 98.9 Å².